The molecule has 22 heavy (non-hydrogen) atoms. The van der Waals surface area contributed by atoms with Gasteiger partial charge in [0, 0.05) is 11.8 Å². The smallest absolute Gasteiger partial charge is 0.273 e. The summed E-state index contributed by atoms with van der Waals surface area (Å²) >= 11 is 1.43. The van der Waals surface area contributed by atoms with Crippen LogP contribution in [0.25, 0.3) is 0 Å². The molecule has 0 saturated carbocycles. The standard InChI is InChI=1S/C16H17N3O2S/c1-10(2)19-8-12-13(15(19)21)17-16(18-14(12)20)22-9-11-6-4-3-5-7-11/h3-7,10H,8-9H2,1-2H3,(H,17,18,20). The van der Waals surface area contributed by atoms with Gasteiger partial charge in [-0.05, 0) is 19.4 Å². The summed E-state index contributed by atoms with van der Waals surface area (Å²) in [6.07, 6.45) is 0. The van der Waals surface area contributed by atoms with Crippen LogP contribution in [0, 0.1) is 0 Å². The highest BCUT2D eigenvalue weighted by Crippen LogP contribution is 2.24. The highest BCUT2D eigenvalue weighted by Gasteiger charge is 2.33. The number of hydrogen-bond acceptors (Lipinski definition) is 4. The second kappa shape index (κ2) is 5.96. The van der Waals surface area contributed by atoms with Gasteiger partial charge in [-0.2, -0.15) is 0 Å². The first-order valence-corrected chi connectivity index (χ1v) is 8.15. The number of rotatable bonds is 4. The topological polar surface area (TPSA) is 66.1 Å². The molecule has 0 atom stereocenters. The summed E-state index contributed by atoms with van der Waals surface area (Å²) in [5, 5.41) is 0.492. The Hall–Kier alpha value is -2.08. The first-order valence-electron chi connectivity index (χ1n) is 7.17. The Morgan fingerprint density at radius 3 is 2.68 bits per heavy atom. The number of carbonyl (C=O) groups is 1. The molecule has 3 rings (SSSR count). The fourth-order valence-electron chi connectivity index (χ4n) is 2.39. The average Bonchev–Trinajstić information content (AvgIpc) is 2.84. The predicted molar refractivity (Wildman–Crippen MR) is 85.9 cm³/mol. The molecule has 0 unspecified atom stereocenters. The summed E-state index contributed by atoms with van der Waals surface area (Å²) < 4.78 is 0. The van der Waals surface area contributed by atoms with Crippen LogP contribution in [0.15, 0.2) is 40.3 Å². The lowest BCUT2D eigenvalue weighted by Gasteiger charge is -2.19. The monoisotopic (exact) mass is 315 g/mol. The molecule has 0 bridgehead atoms. The third-order valence-corrected chi connectivity index (χ3v) is 4.57. The van der Waals surface area contributed by atoms with Gasteiger partial charge >= 0.3 is 0 Å². The number of H-pyrrole nitrogens is 1. The number of amides is 1. The van der Waals surface area contributed by atoms with Crippen LogP contribution < -0.4 is 5.56 Å². The molecule has 6 heteroatoms. The maximum atomic E-state index is 12.3. The molecule has 0 aliphatic carbocycles. The molecule has 1 aromatic heterocycles. The Kier molecular flexibility index (Phi) is 4.02. The van der Waals surface area contributed by atoms with Gasteiger partial charge in [0.05, 0.1) is 12.1 Å². The van der Waals surface area contributed by atoms with Crippen molar-refractivity contribution in [2.24, 2.45) is 0 Å². The van der Waals surface area contributed by atoms with Crippen LogP contribution in [0.5, 0.6) is 0 Å². The summed E-state index contributed by atoms with van der Waals surface area (Å²) in [7, 11) is 0. The molecule has 114 valence electrons. The number of nitrogens with zero attached hydrogens (tertiary/aromatic N) is 2. The molecule has 1 aromatic carbocycles. The van der Waals surface area contributed by atoms with Crippen molar-refractivity contribution in [2.45, 2.75) is 37.3 Å². The predicted octanol–water partition coefficient (Wildman–Crippen LogP) is 2.43. The Morgan fingerprint density at radius 2 is 2.00 bits per heavy atom. The fraction of sp³-hybridized carbons (Fsp3) is 0.312. The molecule has 2 heterocycles. The average molecular weight is 315 g/mol. The first-order chi connectivity index (χ1) is 10.6. The van der Waals surface area contributed by atoms with Crippen molar-refractivity contribution in [2.75, 3.05) is 0 Å². The van der Waals surface area contributed by atoms with Gasteiger partial charge in [0.1, 0.15) is 5.69 Å². The number of fused-ring (bicyclic) bond motifs is 1. The molecule has 1 aliphatic heterocycles. The van der Waals surface area contributed by atoms with Crippen molar-refractivity contribution in [3.8, 4) is 0 Å². The highest BCUT2D eigenvalue weighted by atomic mass is 32.2. The van der Waals surface area contributed by atoms with E-state index in [0.29, 0.717) is 28.7 Å². The number of aromatic nitrogens is 2. The molecular formula is C16H17N3O2S. The molecule has 0 radical (unpaired) electrons. The maximum Gasteiger partial charge on any atom is 0.273 e. The van der Waals surface area contributed by atoms with Gasteiger partial charge in [0.15, 0.2) is 5.16 Å². The van der Waals surface area contributed by atoms with E-state index in [-0.39, 0.29) is 17.5 Å². The van der Waals surface area contributed by atoms with E-state index in [2.05, 4.69) is 9.97 Å². The molecule has 1 amide bonds. The molecule has 1 aliphatic rings. The Morgan fingerprint density at radius 1 is 1.27 bits per heavy atom. The van der Waals surface area contributed by atoms with E-state index in [1.807, 2.05) is 44.2 Å². The minimum atomic E-state index is -0.211. The second-order valence-electron chi connectivity index (χ2n) is 5.50. The van der Waals surface area contributed by atoms with E-state index in [4.69, 9.17) is 0 Å². The van der Waals surface area contributed by atoms with Crippen LogP contribution in [0.4, 0.5) is 0 Å². The van der Waals surface area contributed by atoms with Gasteiger partial charge in [-0.1, -0.05) is 42.1 Å². The zero-order valence-corrected chi connectivity index (χ0v) is 13.3. The lowest BCUT2D eigenvalue weighted by molar-refractivity contribution is 0.0726. The zero-order chi connectivity index (χ0) is 15.7. The number of nitrogens with one attached hydrogen (secondary N) is 1. The summed E-state index contributed by atoms with van der Waals surface area (Å²) in [5.74, 6) is 0.544. The lowest BCUT2D eigenvalue weighted by atomic mass is 10.2. The van der Waals surface area contributed by atoms with E-state index in [1.54, 1.807) is 4.90 Å². The van der Waals surface area contributed by atoms with Crippen molar-refractivity contribution >= 4 is 17.7 Å². The Balaban J connectivity index is 1.83. The number of aromatic amines is 1. The van der Waals surface area contributed by atoms with Gasteiger partial charge in [0.2, 0.25) is 0 Å². The van der Waals surface area contributed by atoms with Gasteiger partial charge in [-0.15, -0.1) is 0 Å². The van der Waals surface area contributed by atoms with Crippen molar-refractivity contribution in [1.29, 1.82) is 0 Å². The third kappa shape index (κ3) is 2.78. The summed E-state index contributed by atoms with van der Waals surface area (Å²) in [5.41, 5.74) is 1.71. The van der Waals surface area contributed by atoms with Crippen LogP contribution in [0.1, 0.15) is 35.5 Å². The molecular weight excluding hydrogens is 298 g/mol. The van der Waals surface area contributed by atoms with Crippen LogP contribution in [-0.2, 0) is 12.3 Å². The van der Waals surface area contributed by atoms with Crippen LogP contribution in [0.2, 0.25) is 0 Å². The van der Waals surface area contributed by atoms with Crippen molar-refractivity contribution in [1.82, 2.24) is 14.9 Å². The van der Waals surface area contributed by atoms with Crippen LogP contribution >= 0.6 is 11.8 Å². The maximum absolute atomic E-state index is 12.3. The second-order valence-corrected chi connectivity index (χ2v) is 6.46. The van der Waals surface area contributed by atoms with Gasteiger partial charge < -0.3 is 9.88 Å². The number of carbonyl (C=O) groups excluding carboxylic acids is 1. The van der Waals surface area contributed by atoms with Crippen LogP contribution in [0.3, 0.4) is 0 Å². The van der Waals surface area contributed by atoms with Gasteiger partial charge in [0.25, 0.3) is 11.5 Å². The van der Waals surface area contributed by atoms with Gasteiger partial charge in [-0.25, -0.2) is 4.98 Å². The Bertz CT molecular complexity index is 756. The fourth-order valence-corrected chi connectivity index (χ4v) is 3.21. The minimum absolute atomic E-state index is 0.0570. The van der Waals surface area contributed by atoms with Crippen molar-refractivity contribution in [3.63, 3.8) is 0 Å². The molecule has 2 aromatic rings. The number of benzene rings is 1. The van der Waals surface area contributed by atoms with Crippen molar-refractivity contribution in [3.05, 3.63) is 57.5 Å². The van der Waals surface area contributed by atoms with Crippen LogP contribution in [-0.4, -0.2) is 26.8 Å². The largest absolute Gasteiger partial charge is 0.330 e. The number of hydrogen-bond donors (Lipinski definition) is 1. The normalized spacial score (nSPS) is 13.8. The van der Waals surface area contributed by atoms with Gasteiger partial charge in [-0.3, -0.25) is 9.59 Å². The molecule has 0 spiro atoms. The summed E-state index contributed by atoms with van der Waals surface area (Å²) in [4.78, 5) is 33.3. The van der Waals surface area contributed by atoms with E-state index < -0.39 is 0 Å². The third-order valence-electron chi connectivity index (χ3n) is 3.63. The zero-order valence-electron chi connectivity index (χ0n) is 12.5. The summed E-state index contributed by atoms with van der Waals surface area (Å²) in [6.45, 7) is 4.21. The Labute approximate surface area is 132 Å². The highest BCUT2D eigenvalue weighted by molar-refractivity contribution is 7.98. The quantitative estimate of drug-likeness (QED) is 0.695. The minimum Gasteiger partial charge on any atom is -0.330 e. The van der Waals surface area contributed by atoms with E-state index in [0.717, 1.165) is 5.56 Å². The van der Waals surface area contributed by atoms with E-state index in [1.165, 1.54) is 11.8 Å². The molecule has 0 saturated heterocycles. The molecule has 1 N–H and O–H groups in total. The molecule has 5 nitrogen and oxygen atoms in total. The number of thioether (sulfide) groups is 1. The summed E-state index contributed by atoms with van der Waals surface area (Å²) in [6, 6.07) is 10.00. The lowest BCUT2D eigenvalue weighted by Crippen LogP contribution is -2.31. The SMILES string of the molecule is CC(C)N1Cc2c(nc(SCc3ccccc3)[nH]c2=O)C1=O. The first kappa shape index (κ1) is 14.8. The molecule has 0 fully saturated rings. The van der Waals surface area contributed by atoms with E-state index >= 15 is 0 Å². The van der Waals surface area contributed by atoms with E-state index in [9.17, 15) is 9.59 Å². The van der Waals surface area contributed by atoms with Crippen molar-refractivity contribution < 1.29 is 4.79 Å².